The Bertz CT molecular complexity index is 1020. The molecule has 0 aliphatic rings. The minimum absolute atomic E-state index is 0.0993. The number of carbonyl (C=O) groups is 2. The maximum absolute atomic E-state index is 11.9. The van der Waals surface area contributed by atoms with Crippen LogP contribution in [0, 0.1) is 0 Å². The largest absolute Gasteiger partial charge is 0.484 e. The van der Waals surface area contributed by atoms with Crippen LogP contribution < -0.4 is 15.5 Å². The number of rotatable bonds is 11. The molecule has 1 heterocycles. The lowest BCUT2D eigenvalue weighted by Gasteiger charge is -2.06. The molecule has 1 aromatic heterocycles. The number of ether oxygens (including phenoxy) is 1. The average Bonchev–Trinajstić information content (AvgIpc) is 3.32. The summed E-state index contributed by atoms with van der Waals surface area (Å²) in [5.74, 6) is 1.82. The van der Waals surface area contributed by atoms with Crippen molar-refractivity contribution in [3.63, 3.8) is 0 Å². The van der Waals surface area contributed by atoms with Gasteiger partial charge in [0, 0.05) is 10.8 Å². The lowest BCUT2D eigenvalue weighted by atomic mass is 10.2. The summed E-state index contributed by atoms with van der Waals surface area (Å²) in [5, 5.41) is 7.36. The van der Waals surface area contributed by atoms with Gasteiger partial charge in [0.15, 0.2) is 6.61 Å². The Hall–Kier alpha value is -3.23. The molecule has 0 atom stereocenters. The van der Waals surface area contributed by atoms with Crippen molar-refractivity contribution in [3.8, 4) is 5.75 Å². The molecular weight excluding hydrogens is 450 g/mol. The second-order valence-corrected chi connectivity index (χ2v) is 8.05. The standard InChI is InChI=1S/C23H22ClN3O4S/c24-19-7-3-18(4-8-19)15-32-16-23(29)27-26-12-17-5-9-20(10-6-17)31-14-22(28)25-13-21-2-1-11-30-21/h1-12H,13-16H2,(H,25,28)(H,27,29)/b26-12-. The van der Waals surface area contributed by atoms with Crippen molar-refractivity contribution in [1.29, 1.82) is 0 Å². The second-order valence-electron chi connectivity index (χ2n) is 6.63. The molecule has 2 aromatic carbocycles. The normalized spacial score (nSPS) is 10.8. The van der Waals surface area contributed by atoms with E-state index in [0.29, 0.717) is 28.8 Å². The van der Waals surface area contributed by atoms with E-state index < -0.39 is 0 Å². The first-order valence-electron chi connectivity index (χ1n) is 9.74. The van der Waals surface area contributed by atoms with Crippen molar-refractivity contribution in [2.45, 2.75) is 12.3 Å². The molecule has 32 heavy (non-hydrogen) atoms. The number of amides is 2. The van der Waals surface area contributed by atoms with Crippen LogP contribution in [-0.2, 0) is 21.9 Å². The third-order valence-corrected chi connectivity index (χ3v) is 5.36. The van der Waals surface area contributed by atoms with Gasteiger partial charge in [0.05, 0.1) is 24.8 Å². The number of carbonyl (C=O) groups excluding carboxylic acids is 2. The Morgan fingerprint density at radius 3 is 2.56 bits per heavy atom. The quantitative estimate of drug-likeness (QED) is 0.325. The fourth-order valence-electron chi connectivity index (χ4n) is 2.50. The predicted octanol–water partition coefficient (Wildman–Crippen LogP) is 4.01. The molecule has 0 unspecified atom stereocenters. The number of halogens is 1. The van der Waals surface area contributed by atoms with Gasteiger partial charge in [0.2, 0.25) is 5.91 Å². The molecule has 166 valence electrons. The molecular formula is C23H22ClN3O4S. The van der Waals surface area contributed by atoms with E-state index in [4.69, 9.17) is 20.8 Å². The highest BCUT2D eigenvalue weighted by atomic mass is 35.5. The van der Waals surface area contributed by atoms with E-state index >= 15 is 0 Å². The molecule has 0 saturated heterocycles. The molecule has 3 rings (SSSR count). The van der Waals surface area contributed by atoms with Gasteiger partial charge in [-0.15, -0.1) is 11.8 Å². The number of hydrogen-bond acceptors (Lipinski definition) is 6. The highest BCUT2D eigenvalue weighted by molar-refractivity contribution is 7.99. The van der Waals surface area contributed by atoms with Gasteiger partial charge in [0.1, 0.15) is 11.5 Å². The maximum Gasteiger partial charge on any atom is 0.258 e. The predicted molar refractivity (Wildman–Crippen MR) is 126 cm³/mol. The Morgan fingerprint density at radius 2 is 1.84 bits per heavy atom. The molecule has 0 saturated carbocycles. The van der Waals surface area contributed by atoms with Crippen LogP contribution in [0.2, 0.25) is 5.02 Å². The van der Waals surface area contributed by atoms with Crippen molar-refractivity contribution >= 4 is 41.4 Å². The average molecular weight is 472 g/mol. The van der Waals surface area contributed by atoms with Gasteiger partial charge in [-0.3, -0.25) is 9.59 Å². The number of hydrogen-bond donors (Lipinski definition) is 2. The van der Waals surface area contributed by atoms with Crippen molar-refractivity contribution < 1.29 is 18.7 Å². The number of benzene rings is 2. The van der Waals surface area contributed by atoms with Crippen LogP contribution in [-0.4, -0.2) is 30.4 Å². The van der Waals surface area contributed by atoms with E-state index in [1.807, 2.05) is 24.3 Å². The van der Waals surface area contributed by atoms with Gasteiger partial charge in [-0.2, -0.15) is 5.10 Å². The van der Waals surface area contributed by atoms with E-state index in [1.54, 1.807) is 48.9 Å². The summed E-state index contributed by atoms with van der Waals surface area (Å²) < 4.78 is 10.6. The van der Waals surface area contributed by atoms with Crippen LogP contribution >= 0.6 is 23.4 Å². The van der Waals surface area contributed by atoms with E-state index in [1.165, 1.54) is 11.8 Å². The van der Waals surface area contributed by atoms with Crippen molar-refractivity contribution in [2.75, 3.05) is 12.4 Å². The number of thioether (sulfide) groups is 1. The number of furan rings is 1. The zero-order chi connectivity index (χ0) is 22.6. The summed E-state index contributed by atoms with van der Waals surface area (Å²) in [4.78, 5) is 23.7. The topological polar surface area (TPSA) is 92.9 Å². The van der Waals surface area contributed by atoms with Gasteiger partial charge in [-0.05, 0) is 59.7 Å². The van der Waals surface area contributed by atoms with Gasteiger partial charge in [-0.1, -0.05) is 23.7 Å². The summed E-state index contributed by atoms with van der Waals surface area (Å²) in [5.41, 5.74) is 4.39. The van der Waals surface area contributed by atoms with E-state index in [-0.39, 0.29) is 18.4 Å². The van der Waals surface area contributed by atoms with Crippen LogP contribution in [0.3, 0.4) is 0 Å². The van der Waals surface area contributed by atoms with Crippen molar-refractivity contribution in [2.24, 2.45) is 5.10 Å². The third kappa shape index (κ3) is 8.49. The highest BCUT2D eigenvalue weighted by Gasteiger charge is 2.04. The van der Waals surface area contributed by atoms with E-state index in [9.17, 15) is 9.59 Å². The molecule has 0 aliphatic carbocycles. The van der Waals surface area contributed by atoms with Gasteiger partial charge in [-0.25, -0.2) is 5.43 Å². The summed E-state index contributed by atoms with van der Waals surface area (Å²) in [6.07, 6.45) is 3.10. The van der Waals surface area contributed by atoms with Gasteiger partial charge >= 0.3 is 0 Å². The van der Waals surface area contributed by atoms with Crippen LogP contribution in [0.15, 0.2) is 76.4 Å². The van der Waals surface area contributed by atoms with Gasteiger partial charge in [0.25, 0.3) is 5.91 Å². The maximum atomic E-state index is 11.9. The van der Waals surface area contributed by atoms with Crippen molar-refractivity contribution in [1.82, 2.24) is 10.7 Å². The zero-order valence-electron chi connectivity index (χ0n) is 17.1. The number of hydrazone groups is 1. The molecule has 9 heteroatoms. The lowest BCUT2D eigenvalue weighted by molar-refractivity contribution is -0.123. The molecule has 0 radical (unpaired) electrons. The monoisotopic (exact) mass is 471 g/mol. The zero-order valence-corrected chi connectivity index (χ0v) is 18.7. The van der Waals surface area contributed by atoms with Gasteiger partial charge < -0.3 is 14.5 Å². The Morgan fingerprint density at radius 1 is 1.06 bits per heavy atom. The second kappa shape index (κ2) is 12.6. The lowest BCUT2D eigenvalue weighted by Crippen LogP contribution is -2.28. The van der Waals surface area contributed by atoms with Crippen LogP contribution in [0.5, 0.6) is 5.75 Å². The molecule has 0 spiro atoms. The molecule has 7 nitrogen and oxygen atoms in total. The first-order chi connectivity index (χ1) is 15.6. The molecule has 2 amide bonds. The van der Waals surface area contributed by atoms with Crippen LogP contribution in [0.1, 0.15) is 16.9 Å². The van der Waals surface area contributed by atoms with E-state index in [0.717, 1.165) is 16.9 Å². The minimum Gasteiger partial charge on any atom is -0.484 e. The van der Waals surface area contributed by atoms with Crippen molar-refractivity contribution in [3.05, 3.63) is 88.8 Å². The SMILES string of the molecule is O=C(COc1ccc(/C=N\NC(=O)CSCc2ccc(Cl)cc2)cc1)NCc1ccco1. The molecule has 0 aliphatic heterocycles. The molecule has 2 N–H and O–H groups in total. The first kappa shape index (κ1) is 23.4. The fraction of sp³-hybridized carbons (Fsp3) is 0.174. The summed E-state index contributed by atoms with van der Waals surface area (Å²) >= 11 is 7.35. The molecule has 0 bridgehead atoms. The highest BCUT2D eigenvalue weighted by Crippen LogP contribution is 2.15. The van der Waals surface area contributed by atoms with Crippen LogP contribution in [0.25, 0.3) is 0 Å². The molecule has 3 aromatic rings. The Balaban J connectivity index is 1.32. The first-order valence-corrected chi connectivity index (χ1v) is 11.3. The fourth-order valence-corrected chi connectivity index (χ4v) is 3.41. The summed E-state index contributed by atoms with van der Waals surface area (Å²) in [6, 6.07) is 18.1. The third-order valence-electron chi connectivity index (χ3n) is 4.11. The number of nitrogens with zero attached hydrogens (tertiary/aromatic N) is 1. The summed E-state index contributed by atoms with van der Waals surface area (Å²) in [7, 11) is 0. The number of nitrogens with one attached hydrogen (secondary N) is 2. The summed E-state index contributed by atoms with van der Waals surface area (Å²) in [6.45, 7) is 0.216. The smallest absolute Gasteiger partial charge is 0.258 e. The minimum atomic E-state index is -0.247. The van der Waals surface area contributed by atoms with Crippen LogP contribution in [0.4, 0.5) is 0 Å². The Kier molecular flexibility index (Phi) is 9.21. The Labute approximate surface area is 195 Å². The molecule has 0 fully saturated rings. The van der Waals surface area contributed by atoms with E-state index in [2.05, 4.69) is 15.8 Å².